The van der Waals surface area contributed by atoms with Gasteiger partial charge in [0.1, 0.15) is 0 Å². The van der Waals surface area contributed by atoms with Crippen LogP contribution in [-0.4, -0.2) is 14.5 Å². The molecule has 0 fully saturated rings. The Bertz CT molecular complexity index is 704. The van der Waals surface area contributed by atoms with Crippen LogP contribution in [0.2, 0.25) is 0 Å². The van der Waals surface area contributed by atoms with Gasteiger partial charge in [-0.05, 0) is 23.8 Å². The second-order valence-electron chi connectivity index (χ2n) is 4.52. The number of hydrogen-bond acceptors (Lipinski definition) is 4. The summed E-state index contributed by atoms with van der Waals surface area (Å²) in [5.41, 5.74) is 5.76. The Morgan fingerprint density at radius 3 is 2.89 bits per heavy atom. The van der Waals surface area contributed by atoms with Crippen LogP contribution in [0.4, 0.5) is 0 Å². The fourth-order valence-corrected chi connectivity index (χ4v) is 2.21. The quantitative estimate of drug-likeness (QED) is 0.548. The van der Waals surface area contributed by atoms with E-state index in [-0.39, 0.29) is 6.04 Å². The lowest BCUT2D eigenvalue weighted by Gasteiger charge is -2.14. The third kappa shape index (κ3) is 2.21. The minimum absolute atomic E-state index is 0.120. The summed E-state index contributed by atoms with van der Waals surface area (Å²) in [6.07, 6.45) is 5.51. The molecule has 0 aliphatic rings. The number of rotatable bonds is 3. The van der Waals surface area contributed by atoms with Crippen molar-refractivity contribution in [2.24, 2.45) is 12.9 Å². The zero-order valence-corrected chi connectivity index (χ0v) is 10.6. The summed E-state index contributed by atoms with van der Waals surface area (Å²) in [4.78, 5) is 8.66. The summed E-state index contributed by atoms with van der Waals surface area (Å²) in [5, 5.41) is 1.09. The van der Waals surface area contributed by atoms with Crippen LogP contribution in [-0.2, 0) is 7.05 Å². The molecule has 1 unspecified atom stereocenters. The molecule has 0 saturated heterocycles. The molecular weight excluding hydrogens is 238 g/mol. The highest BCUT2D eigenvalue weighted by Gasteiger charge is 2.15. The molecule has 0 aliphatic carbocycles. The zero-order valence-electron chi connectivity index (χ0n) is 10.6. The number of nitrogens with two attached hydrogens (primary N) is 1. The normalized spacial score (nSPS) is 12.7. The number of pyridine rings is 1. The molecule has 3 rings (SSSR count). The van der Waals surface area contributed by atoms with Gasteiger partial charge in [0.25, 0.3) is 0 Å². The van der Waals surface area contributed by atoms with Crippen LogP contribution in [0.1, 0.15) is 17.3 Å². The highest BCUT2D eigenvalue weighted by Crippen LogP contribution is 2.23. The molecule has 19 heavy (non-hydrogen) atoms. The largest absolute Gasteiger partial charge is 0.340 e. The molecule has 0 aliphatic heterocycles. The molecule has 0 spiro atoms. The van der Waals surface area contributed by atoms with E-state index in [0.717, 1.165) is 22.2 Å². The van der Waals surface area contributed by atoms with Crippen LogP contribution < -0.4 is 11.3 Å². The number of hydrogen-bond donors (Lipinski definition) is 2. The van der Waals surface area contributed by atoms with Crippen LogP contribution in [0, 0.1) is 0 Å². The second-order valence-corrected chi connectivity index (χ2v) is 4.52. The van der Waals surface area contributed by atoms with Crippen molar-refractivity contribution in [1.82, 2.24) is 20.0 Å². The second kappa shape index (κ2) is 4.79. The monoisotopic (exact) mass is 253 g/mol. The molecule has 5 heteroatoms. The maximum absolute atomic E-state index is 5.68. The van der Waals surface area contributed by atoms with Gasteiger partial charge in [0, 0.05) is 24.8 Å². The molecular formula is C14H15N5. The molecule has 2 heterocycles. The van der Waals surface area contributed by atoms with E-state index in [9.17, 15) is 0 Å². The van der Waals surface area contributed by atoms with E-state index >= 15 is 0 Å². The van der Waals surface area contributed by atoms with Crippen molar-refractivity contribution < 1.29 is 0 Å². The highest BCUT2D eigenvalue weighted by atomic mass is 15.2. The standard InChI is InChI=1S/C14H15N5/c1-19-8-13(17-9-19)14(18-15)11-4-5-12-10(7-11)3-2-6-16-12/h2-9,14,18H,15H2,1H3. The van der Waals surface area contributed by atoms with E-state index in [1.54, 1.807) is 12.5 Å². The van der Waals surface area contributed by atoms with Crippen molar-refractivity contribution in [1.29, 1.82) is 0 Å². The first-order valence-electron chi connectivity index (χ1n) is 6.06. The summed E-state index contributed by atoms with van der Waals surface area (Å²) in [7, 11) is 1.94. The Kier molecular flexibility index (Phi) is 2.98. The predicted molar refractivity (Wildman–Crippen MR) is 74.1 cm³/mol. The molecule has 0 radical (unpaired) electrons. The smallest absolute Gasteiger partial charge is 0.0947 e. The minimum atomic E-state index is -0.120. The third-order valence-corrected chi connectivity index (χ3v) is 3.15. The summed E-state index contributed by atoms with van der Waals surface area (Å²) >= 11 is 0. The van der Waals surface area contributed by atoms with Crippen LogP contribution in [0.3, 0.4) is 0 Å². The van der Waals surface area contributed by atoms with Crippen molar-refractivity contribution in [2.75, 3.05) is 0 Å². The lowest BCUT2D eigenvalue weighted by molar-refractivity contribution is 0.623. The van der Waals surface area contributed by atoms with Gasteiger partial charge in [-0.15, -0.1) is 0 Å². The maximum atomic E-state index is 5.68. The van der Waals surface area contributed by atoms with Gasteiger partial charge in [-0.25, -0.2) is 10.4 Å². The number of benzene rings is 1. The van der Waals surface area contributed by atoms with Crippen LogP contribution in [0.15, 0.2) is 49.1 Å². The molecule has 5 nitrogen and oxygen atoms in total. The van der Waals surface area contributed by atoms with Gasteiger partial charge < -0.3 is 4.57 Å². The van der Waals surface area contributed by atoms with Crippen molar-refractivity contribution in [3.05, 3.63) is 60.3 Å². The van der Waals surface area contributed by atoms with Gasteiger partial charge in [0.05, 0.1) is 23.6 Å². The predicted octanol–water partition coefficient (Wildman–Crippen LogP) is 1.52. The number of nitrogens with one attached hydrogen (secondary N) is 1. The van der Waals surface area contributed by atoms with E-state index in [1.165, 1.54) is 0 Å². The summed E-state index contributed by atoms with van der Waals surface area (Å²) in [6, 6.07) is 9.95. The summed E-state index contributed by atoms with van der Waals surface area (Å²) < 4.78 is 1.91. The number of hydrazine groups is 1. The number of aryl methyl sites for hydroxylation is 1. The first-order valence-corrected chi connectivity index (χ1v) is 6.06. The Hall–Kier alpha value is -2.24. The average Bonchev–Trinajstić information content (AvgIpc) is 2.86. The summed E-state index contributed by atoms with van der Waals surface area (Å²) in [5.74, 6) is 5.68. The number of nitrogens with zero attached hydrogens (tertiary/aromatic N) is 3. The maximum Gasteiger partial charge on any atom is 0.0947 e. The van der Waals surface area contributed by atoms with E-state index in [0.29, 0.717) is 0 Å². The Morgan fingerprint density at radius 1 is 1.26 bits per heavy atom. The number of aromatic nitrogens is 3. The fraction of sp³-hybridized carbons (Fsp3) is 0.143. The van der Waals surface area contributed by atoms with E-state index in [1.807, 2.05) is 42.1 Å². The molecule has 1 atom stereocenters. The Morgan fingerprint density at radius 2 is 2.16 bits per heavy atom. The van der Waals surface area contributed by atoms with Crippen LogP contribution in [0.5, 0.6) is 0 Å². The molecule has 0 saturated carbocycles. The number of fused-ring (bicyclic) bond motifs is 1. The molecule has 3 aromatic rings. The summed E-state index contributed by atoms with van der Waals surface area (Å²) in [6.45, 7) is 0. The van der Waals surface area contributed by atoms with Crippen molar-refractivity contribution >= 4 is 10.9 Å². The van der Waals surface area contributed by atoms with Gasteiger partial charge in [0.15, 0.2) is 0 Å². The van der Waals surface area contributed by atoms with E-state index < -0.39 is 0 Å². The SMILES string of the molecule is Cn1cnc(C(NN)c2ccc3ncccc3c2)c1. The Balaban J connectivity index is 2.06. The molecule has 2 aromatic heterocycles. The van der Waals surface area contributed by atoms with Gasteiger partial charge in [-0.1, -0.05) is 12.1 Å². The molecule has 3 N–H and O–H groups in total. The van der Waals surface area contributed by atoms with Gasteiger partial charge in [-0.2, -0.15) is 0 Å². The highest BCUT2D eigenvalue weighted by molar-refractivity contribution is 5.79. The van der Waals surface area contributed by atoms with Gasteiger partial charge in [0.2, 0.25) is 0 Å². The Labute approximate surface area is 111 Å². The lowest BCUT2D eigenvalue weighted by atomic mass is 10.0. The molecule has 1 aromatic carbocycles. The minimum Gasteiger partial charge on any atom is -0.340 e. The fourth-order valence-electron chi connectivity index (χ4n) is 2.21. The van der Waals surface area contributed by atoms with E-state index in [2.05, 4.69) is 21.5 Å². The first-order chi connectivity index (χ1) is 9.28. The van der Waals surface area contributed by atoms with Crippen LogP contribution in [0.25, 0.3) is 10.9 Å². The third-order valence-electron chi connectivity index (χ3n) is 3.15. The first kappa shape index (κ1) is 11.8. The van der Waals surface area contributed by atoms with Crippen LogP contribution >= 0.6 is 0 Å². The van der Waals surface area contributed by atoms with Crippen molar-refractivity contribution in [2.45, 2.75) is 6.04 Å². The average molecular weight is 253 g/mol. The molecule has 0 bridgehead atoms. The van der Waals surface area contributed by atoms with E-state index in [4.69, 9.17) is 5.84 Å². The molecule has 0 amide bonds. The van der Waals surface area contributed by atoms with Gasteiger partial charge in [-0.3, -0.25) is 10.8 Å². The van der Waals surface area contributed by atoms with Gasteiger partial charge >= 0.3 is 0 Å². The molecule has 96 valence electrons. The lowest BCUT2D eigenvalue weighted by Crippen LogP contribution is -2.29. The number of imidazole rings is 1. The van der Waals surface area contributed by atoms with Crippen molar-refractivity contribution in [3.63, 3.8) is 0 Å². The topological polar surface area (TPSA) is 68.8 Å². The zero-order chi connectivity index (χ0) is 13.2. The van der Waals surface area contributed by atoms with Crippen molar-refractivity contribution in [3.8, 4) is 0 Å².